The Kier molecular flexibility index (Phi) is 4.66. The van der Waals surface area contributed by atoms with Gasteiger partial charge in [0, 0.05) is 5.39 Å². The van der Waals surface area contributed by atoms with Crippen molar-refractivity contribution < 1.29 is 19.1 Å². The van der Waals surface area contributed by atoms with E-state index < -0.39 is 35.9 Å². The number of hydrogen-bond acceptors (Lipinski definition) is 6. The molecule has 1 aromatic heterocycles. The van der Waals surface area contributed by atoms with Crippen molar-refractivity contribution in [1.82, 2.24) is 9.78 Å². The van der Waals surface area contributed by atoms with Gasteiger partial charge in [-0.2, -0.15) is 5.10 Å². The summed E-state index contributed by atoms with van der Waals surface area (Å²) in [7, 11) is 0. The van der Waals surface area contributed by atoms with E-state index in [2.05, 4.69) is 5.10 Å². The first-order valence-corrected chi connectivity index (χ1v) is 9.02. The van der Waals surface area contributed by atoms with E-state index in [1.807, 2.05) is 0 Å². The lowest BCUT2D eigenvalue weighted by atomic mass is 10.1. The number of ether oxygens (including phenoxy) is 1. The monoisotopic (exact) mass is 407 g/mol. The lowest BCUT2D eigenvalue weighted by Gasteiger charge is -2.33. The lowest BCUT2D eigenvalue weighted by Crippen LogP contribution is -2.50. The highest BCUT2D eigenvalue weighted by atomic mass is 16.5. The molecule has 2 aromatic carbocycles. The summed E-state index contributed by atoms with van der Waals surface area (Å²) in [5.41, 5.74) is 10.5. The second-order valence-electron chi connectivity index (χ2n) is 6.70. The highest BCUT2D eigenvalue weighted by molar-refractivity contribution is 6.04. The quantitative estimate of drug-likeness (QED) is 0.610. The summed E-state index contributed by atoms with van der Waals surface area (Å²) in [4.78, 5) is 50.7. The van der Waals surface area contributed by atoms with Gasteiger partial charge >= 0.3 is 0 Å². The van der Waals surface area contributed by atoms with Gasteiger partial charge in [-0.1, -0.05) is 30.3 Å². The first kappa shape index (κ1) is 19.1. The second-order valence-corrected chi connectivity index (χ2v) is 6.70. The van der Waals surface area contributed by atoms with Crippen molar-refractivity contribution in [1.29, 1.82) is 0 Å². The topological polar surface area (TPSA) is 151 Å². The Hall–Kier alpha value is -4.21. The fourth-order valence-electron chi connectivity index (χ4n) is 3.36. The van der Waals surface area contributed by atoms with Crippen molar-refractivity contribution in [3.05, 3.63) is 64.6 Å². The number of anilines is 1. The van der Waals surface area contributed by atoms with Crippen molar-refractivity contribution >= 4 is 34.2 Å². The van der Waals surface area contributed by atoms with Gasteiger partial charge in [-0.3, -0.25) is 19.2 Å². The number of fused-ring (bicyclic) bond motifs is 2. The van der Waals surface area contributed by atoms with Crippen LogP contribution in [0.1, 0.15) is 10.5 Å². The fraction of sp³-hybridized carbons (Fsp3) is 0.150. The minimum Gasteiger partial charge on any atom is -0.477 e. The Bertz CT molecular complexity index is 1250. The number of primary amides is 2. The third-order valence-corrected chi connectivity index (χ3v) is 4.78. The maximum Gasteiger partial charge on any atom is 0.275 e. The molecule has 3 aromatic rings. The number of carbonyl (C=O) groups excluding carboxylic acids is 3. The SMILES string of the molecule is NC(=O)c1nn(CC(=O)N2C[C@@H](C(N)=O)Oc3ccccc32)c(=O)c2ccccc12. The van der Waals surface area contributed by atoms with Crippen LogP contribution in [-0.4, -0.2) is 40.2 Å². The standard InChI is InChI=1S/C20H17N5O5/c21-18(27)15-9-24(13-7-3-4-8-14(13)30-15)16(26)10-25-20(29)12-6-2-1-5-11(12)17(23-25)19(22)28/h1-8,15H,9-10H2,(H2,21,27)(H2,22,28)/t15-/m0/s1. The van der Waals surface area contributed by atoms with Crippen LogP contribution in [0.3, 0.4) is 0 Å². The van der Waals surface area contributed by atoms with Crippen LogP contribution in [-0.2, 0) is 16.1 Å². The maximum atomic E-state index is 13.1. The second kappa shape index (κ2) is 7.32. The number of rotatable bonds is 4. The lowest BCUT2D eigenvalue weighted by molar-refractivity contribution is -0.125. The molecule has 4 rings (SSSR count). The highest BCUT2D eigenvalue weighted by Crippen LogP contribution is 2.33. The van der Waals surface area contributed by atoms with Gasteiger partial charge in [-0.25, -0.2) is 4.68 Å². The van der Waals surface area contributed by atoms with Crippen LogP contribution in [0.2, 0.25) is 0 Å². The number of nitrogens with zero attached hydrogens (tertiary/aromatic N) is 3. The predicted molar refractivity (Wildman–Crippen MR) is 107 cm³/mol. The Morgan fingerprint density at radius 1 is 1.03 bits per heavy atom. The molecule has 0 fully saturated rings. The Morgan fingerprint density at radius 2 is 1.70 bits per heavy atom. The minimum atomic E-state index is -1.04. The summed E-state index contributed by atoms with van der Waals surface area (Å²) in [5, 5.41) is 4.53. The highest BCUT2D eigenvalue weighted by Gasteiger charge is 2.33. The van der Waals surface area contributed by atoms with E-state index in [0.29, 0.717) is 16.8 Å². The summed E-state index contributed by atoms with van der Waals surface area (Å²) in [6, 6.07) is 13.0. The first-order chi connectivity index (χ1) is 14.4. The zero-order valence-corrected chi connectivity index (χ0v) is 15.6. The molecule has 4 N–H and O–H groups in total. The molecule has 0 spiro atoms. The zero-order valence-electron chi connectivity index (χ0n) is 15.6. The molecule has 30 heavy (non-hydrogen) atoms. The summed E-state index contributed by atoms with van der Waals surface area (Å²) in [6.45, 7) is -0.583. The molecule has 0 saturated carbocycles. The van der Waals surface area contributed by atoms with Crippen molar-refractivity contribution in [2.24, 2.45) is 11.5 Å². The number of hydrogen-bond donors (Lipinski definition) is 2. The molecule has 1 atom stereocenters. The van der Waals surface area contributed by atoms with Crippen LogP contribution in [0.5, 0.6) is 5.75 Å². The summed E-state index contributed by atoms with van der Waals surface area (Å²) in [5.74, 6) is -1.76. The molecule has 1 aliphatic heterocycles. The summed E-state index contributed by atoms with van der Waals surface area (Å²) < 4.78 is 6.43. The average molecular weight is 407 g/mol. The van der Waals surface area contributed by atoms with Gasteiger partial charge in [-0.05, 0) is 18.2 Å². The molecule has 10 nitrogen and oxygen atoms in total. The molecule has 1 aliphatic rings. The number of benzene rings is 2. The molecule has 2 heterocycles. The molecule has 0 aliphatic carbocycles. The van der Waals surface area contributed by atoms with Gasteiger partial charge in [0.05, 0.1) is 17.6 Å². The van der Waals surface area contributed by atoms with Crippen LogP contribution >= 0.6 is 0 Å². The molecule has 0 bridgehead atoms. The molecule has 0 unspecified atom stereocenters. The van der Waals surface area contributed by atoms with E-state index in [1.165, 1.54) is 11.0 Å². The van der Waals surface area contributed by atoms with Crippen molar-refractivity contribution in [2.75, 3.05) is 11.4 Å². The van der Waals surface area contributed by atoms with Crippen molar-refractivity contribution in [3.63, 3.8) is 0 Å². The third-order valence-electron chi connectivity index (χ3n) is 4.78. The molecule has 10 heteroatoms. The first-order valence-electron chi connectivity index (χ1n) is 9.02. The van der Waals surface area contributed by atoms with E-state index in [1.54, 1.807) is 42.5 Å². The molecule has 3 amide bonds. The van der Waals surface area contributed by atoms with Gasteiger partial charge in [0.15, 0.2) is 11.8 Å². The molecular weight excluding hydrogens is 390 g/mol. The van der Waals surface area contributed by atoms with Gasteiger partial charge in [0.25, 0.3) is 17.4 Å². The average Bonchev–Trinajstić information content (AvgIpc) is 2.74. The summed E-state index contributed by atoms with van der Waals surface area (Å²) in [6.07, 6.45) is -1.04. The minimum absolute atomic E-state index is 0.115. The predicted octanol–water partition coefficient (Wildman–Crippen LogP) is -0.225. The fourth-order valence-corrected chi connectivity index (χ4v) is 3.36. The number of amides is 3. The number of para-hydroxylation sites is 2. The van der Waals surface area contributed by atoms with E-state index in [-0.39, 0.29) is 17.6 Å². The zero-order chi connectivity index (χ0) is 21.4. The summed E-state index contributed by atoms with van der Waals surface area (Å²) >= 11 is 0. The Balaban J connectivity index is 1.75. The van der Waals surface area contributed by atoms with Gasteiger partial charge < -0.3 is 21.1 Å². The van der Waals surface area contributed by atoms with Crippen LogP contribution in [0.25, 0.3) is 10.8 Å². The van der Waals surface area contributed by atoms with Crippen molar-refractivity contribution in [2.45, 2.75) is 12.6 Å². The Morgan fingerprint density at radius 3 is 2.40 bits per heavy atom. The third kappa shape index (κ3) is 3.24. The van der Waals surface area contributed by atoms with Crippen LogP contribution < -0.4 is 26.7 Å². The molecule has 152 valence electrons. The van der Waals surface area contributed by atoms with Crippen molar-refractivity contribution in [3.8, 4) is 5.75 Å². The van der Waals surface area contributed by atoms with Gasteiger partial charge in [-0.15, -0.1) is 0 Å². The van der Waals surface area contributed by atoms with E-state index >= 15 is 0 Å². The smallest absolute Gasteiger partial charge is 0.275 e. The maximum absolute atomic E-state index is 13.1. The van der Waals surface area contributed by atoms with E-state index in [9.17, 15) is 19.2 Å². The van der Waals surface area contributed by atoms with Gasteiger partial charge in [0.1, 0.15) is 12.3 Å². The molecule has 0 radical (unpaired) electrons. The number of nitrogens with two attached hydrogens (primary N) is 2. The number of aromatic nitrogens is 2. The van der Waals surface area contributed by atoms with E-state index in [4.69, 9.17) is 16.2 Å². The largest absolute Gasteiger partial charge is 0.477 e. The molecule has 0 saturated heterocycles. The van der Waals surface area contributed by atoms with Crippen LogP contribution in [0.4, 0.5) is 5.69 Å². The number of carbonyl (C=O) groups is 3. The Labute approximate surface area is 169 Å². The van der Waals surface area contributed by atoms with Gasteiger partial charge in [0.2, 0.25) is 5.91 Å². The molecular formula is C20H17N5O5. The van der Waals surface area contributed by atoms with Crippen LogP contribution in [0, 0.1) is 0 Å². The normalized spacial score (nSPS) is 15.3. The van der Waals surface area contributed by atoms with E-state index in [0.717, 1.165) is 4.68 Å². The van der Waals surface area contributed by atoms with Crippen LogP contribution in [0.15, 0.2) is 53.3 Å².